The van der Waals surface area contributed by atoms with Crippen molar-refractivity contribution in [2.75, 3.05) is 32.5 Å². The number of anilines is 1. The fourth-order valence-electron chi connectivity index (χ4n) is 2.30. The Labute approximate surface area is 147 Å². The number of furan rings is 1. The van der Waals surface area contributed by atoms with Crippen LogP contribution in [0.15, 0.2) is 52.0 Å². The number of hydrogen-bond acceptors (Lipinski definition) is 6. The predicted octanol–water partition coefficient (Wildman–Crippen LogP) is 0.758. The van der Waals surface area contributed by atoms with E-state index in [4.69, 9.17) is 9.56 Å². The fraction of sp³-hybridized carbons (Fsp3) is 0.312. The minimum Gasteiger partial charge on any atom is -0.468 e. The van der Waals surface area contributed by atoms with Gasteiger partial charge in [0, 0.05) is 12.2 Å². The lowest BCUT2D eigenvalue weighted by molar-refractivity contribution is -0.115. The molecule has 0 aliphatic rings. The average Bonchev–Trinajstić information content (AvgIpc) is 3.04. The highest BCUT2D eigenvalue weighted by Gasteiger charge is 2.17. The number of nitrogens with one attached hydrogen (secondary N) is 2. The minimum atomic E-state index is -3.81. The van der Waals surface area contributed by atoms with Gasteiger partial charge in [-0.2, -0.15) is 0 Å². The number of benzene rings is 1. The number of nitrogens with zero attached hydrogens (tertiary/aromatic N) is 1. The molecule has 136 valence electrons. The second kappa shape index (κ2) is 8.26. The zero-order valence-corrected chi connectivity index (χ0v) is 14.9. The fourth-order valence-corrected chi connectivity index (χ4v) is 2.86. The zero-order valence-electron chi connectivity index (χ0n) is 14.1. The van der Waals surface area contributed by atoms with Crippen LogP contribution in [0, 0.1) is 0 Å². The summed E-state index contributed by atoms with van der Waals surface area (Å²) in [5.74, 6) is 0.516. The molecule has 0 aliphatic heterocycles. The van der Waals surface area contributed by atoms with Crippen LogP contribution in [0.25, 0.3) is 0 Å². The first-order valence-corrected chi connectivity index (χ1v) is 9.15. The molecule has 0 fully saturated rings. The van der Waals surface area contributed by atoms with Gasteiger partial charge in [0.1, 0.15) is 5.76 Å². The molecule has 1 atom stereocenters. The first-order valence-electron chi connectivity index (χ1n) is 7.60. The summed E-state index contributed by atoms with van der Waals surface area (Å²) in [6, 6.07) is 9.49. The van der Waals surface area contributed by atoms with Crippen molar-refractivity contribution in [1.82, 2.24) is 10.2 Å². The Morgan fingerprint density at radius 1 is 1.28 bits per heavy atom. The highest BCUT2D eigenvalue weighted by atomic mass is 32.2. The minimum absolute atomic E-state index is 0.00601. The molecule has 1 heterocycles. The highest BCUT2D eigenvalue weighted by molar-refractivity contribution is 7.89. The van der Waals surface area contributed by atoms with Crippen molar-refractivity contribution in [3.05, 3.63) is 48.4 Å². The Morgan fingerprint density at radius 3 is 2.64 bits per heavy atom. The topological polar surface area (TPSA) is 118 Å². The number of carbonyl (C=O) groups excluding carboxylic acids is 1. The molecule has 4 N–H and O–H groups in total. The lowest BCUT2D eigenvalue weighted by atomic mass is 10.2. The van der Waals surface area contributed by atoms with E-state index in [1.54, 1.807) is 12.3 Å². The van der Waals surface area contributed by atoms with E-state index in [1.165, 1.54) is 18.2 Å². The van der Waals surface area contributed by atoms with Crippen LogP contribution in [0.1, 0.15) is 11.8 Å². The third kappa shape index (κ3) is 5.68. The lowest BCUT2D eigenvalue weighted by Gasteiger charge is -2.22. The van der Waals surface area contributed by atoms with Crippen molar-refractivity contribution in [2.45, 2.75) is 10.9 Å². The van der Waals surface area contributed by atoms with Gasteiger partial charge in [0.2, 0.25) is 15.9 Å². The molecule has 2 rings (SSSR count). The van der Waals surface area contributed by atoms with Crippen LogP contribution in [-0.2, 0) is 14.8 Å². The van der Waals surface area contributed by atoms with Crippen molar-refractivity contribution < 1.29 is 17.6 Å². The monoisotopic (exact) mass is 366 g/mol. The smallest absolute Gasteiger partial charge is 0.238 e. The van der Waals surface area contributed by atoms with E-state index in [9.17, 15) is 13.2 Å². The predicted molar refractivity (Wildman–Crippen MR) is 94.5 cm³/mol. The first kappa shape index (κ1) is 19.1. The van der Waals surface area contributed by atoms with E-state index in [1.807, 2.05) is 31.1 Å². The normalized spacial score (nSPS) is 13.0. The van der Waals surface area contributed by atoms with Crippen LogP contribution in [0.2, 0.25) is 0 Å². The number of amides is 1. The van der Waals surface area contributed by atoms with Gasteiger partial charge in [0.25, 0.3) is 0 Å². The molecule has 1 aromatic carbocycles. The number of sulfonamides is 1. The van der Waals surface area contributed by atoms with E-state index >= 15 is 0 Å². The molecular formula is C16H22N4O4S. The summed E-state index contributed by atoms with van der Waals surface area (Å²) >= 11 is 0. The Morgan fingerprint density at radius 2 is 2.04 bits per heavy atom. The molecule has 8 nitrogen and oxygen atoms in total. The SMILES string of the molecule is CN(C)C(CNCC(=O)Nc1cccc(S(N)(=O)=O)c1)c1ccco1. The molecular weight excluding hydrogens is 344 g/mol. The van der Waals surface area contributed by atoms with Gasteiger partial charge < -0.3 is 15.1 Å². The number of nitrogens with two attached hydrogens (primary N) is 1. The van der Waals surface area contributed by atoms with E-state index in [2.05, 4.69) is 10.6 Å². The summed E-state index contributed by atoms with van der Waals surface area (Å²) in [5, 5.41) is 10.8. The summed E-state index contributed by atoms with van der Waals surface area (Å²) in [4.78, 5) is 14.0. The summed E-state index contributed by atoms with van der Waals surface area (Å²) < 4.78 is 28.1. The number of hydrogen-bond donors (Lipinski definition) is 3. The maximum Gasteiger partial charge on any atom is 0.238 e. The molecule has 0 spiro atoms. The molecule has 1 amide bonds. The van der Waals surface area contributed by atoms with Crippen LogP contribution in [-0.4, -0.2) is 46.4 Å². The van der Waals surface area contributed by atoms with Crippen LogP contribution in [0.3, 0.4) is 0 Å². The molecule has 0 saturated carbocycles. The molecule has 0 bridgehead atoms. The third-order valence-corrected chi connectivity index (χ3v) is 4.48. The van der Waals surface area contributed by atoms with Gasteiger partial charge in [-0.3, -0.25) is 9.69 Å². The molecule has 1 unspecified atom stereocenters. The van der Waals surface area contributed by atoms with Crippen molar-refractivity contribution in [3.8, 4) is 0 Å². The van der Waals surface area contributed by atoms with Gasteiger partial charge in [-0.15, -0.1) is 0 Å². The number of rotatable bonds is 8. The largest absolute Gasteiger partial charge is 0.468 e. The van der Waals surface area contributed by atoms with Gasteiger partial charge in [-0.25, -0.2) is 13.6 Å². The standard InChI is InChI=1S/C16H22N4O4S/c1-20(2)14(15-7-4-8-24-15)10-18-11-16(21)19-12-5-3-6-13(9-12)25(17,22)23/h3-9,14,18H,10-11H2,1-2H3,(H,19,21)(H2,17,22,23). The Kier molecular flexibility index (Phi) is 6.32. The molecule has 9 heteroatoms. The number of primary sulfonamides is 1. The van der Waals surface area contributed by atoms with Gasteiger partial charge in [-0.05, 0) is 44.4 Å². The number of likely N-dealkylation sites (N-methyl/N-ethyl adjacent to an activating group) is 1. The van der Waals surface area contributed by atoms with Gasteiger partial charge in [0.15, 0.2) is 0 Å². The Hall–Kier alpha value is -2.20. The number of carbonyl (C=O) groups is 1. The maximum atomic E-state index is 12.0. The summed E-state index contributed by atoms with van der Waals surface area (Å²) in [6.45, 7) is 0.593. The second-order valence-electron chi connectivity index (χ2n) is 5.75. The summed E-state index contributed by atoms with van der Waals surface area (Å²) in [7, 11) is 0.0418. The molecule has 0 radical (unpaired) electrons. The Balaban J connectivity index is 1.89. The van der Waals surface area contributed by atoms with Crippen molar-refractivity contribution >= 4 is 21.6 Å². The Bertz CT molecular complexity index is 803. The summed E-state index contributed by atoms with van der Waals surface area (Å²) in [5.41, 5.74) is 0.369. The van der Waals surface area contributed by atoms with Crippen molar-refractivity contribution in [3.63, 3.8) is 0 Å². The summed E-state index contributed by atoms with van der Waals surface area (Å²) in [6.07, 6.45) is 1.61. The molecule has 2 aromatic rings. The van der Waals surface area contributed by atoms with Crippen LogP contribution in [0.4, 0.5) is 5.69 Å². The van der Waals surface area contributed by atoms with E-state index in [0.717, 1.165) is 5.76 Å². The van der Waals surface area contributed by atoms with Crippen LogP contribution >= 0.6 is 0 Å². The van der Waals surface area contributed by atoms with E-state index in [0.29, 0.717) is 12.2 Å². The van der Waals surface area contributed by atoms with Crippen molar-refractivity contribution in [1.29, 1.82) is 0 Å². The first-order chi connectivity index (χ1) is 11.8. The van der Waals surface area contributed by atoms with Gasteiger partial charge in [-0.1, -0.05) is 6.07 Å². The third-order valence-electron chi connectivity index (χ3n) is 3.56. The highest BCUT2D eigenvalue weighted by Crippen LogP contribution is 2.17. The lowest BCUT2D eigenvalue weighted by Crippen LogP contribution is -2.35. The van der Waals surface area contributed by atoms with E-state index < -0.39 is 10.0 Å². The quantitative estimate of drug-likeness (QED) is 0.635. The molecule has 0 aliphatic carbocycles. The molecule has 25 heavy (non-hydrogen) atoms. The van der Waals surface area contributed by atoms with Crippen molar-refractivity contribution in [2.24, 2.45) is 5.14 Å². The van der Waals surface area contributed by atoms with Gasteiger partial charge >= 0.3 is 0 Å². The zero-order chi connectivity index (χ0) is 18.4. The average molecular weight is 366 g/mol. The molecule has 0 saturated heterocycles. The van der Waals surface area contributed by atoms with Crippen LogP contribution < -0.4 is 15.8 Å². The maximum absolute atomic E-state index is 12.0. The van der Waals surface area contributed by atoms with E-state index in [-0.39, 0.29) is 23.4 Å². The van der Waals surface area contributed by atoms with Gasteiger partial charge in [0.05, 0.1) is 23.7 Å². The second-order valence-corrected chi connectivity index (χ2v) is 7.31. The molecule has 1 aromatic heterocycles. The van der Waals surface area contributed by atoms with Crippen LogP contribution in [0.5, 0.6) is 0 Å².